The van der Waals surface area contributed by atoms with Crippen LogP contribution in [0, 0.1) is 0 Å². The van der Waals surface area contributed by atoms with Gasteiger partial charge in [0.2, 0.25) is 5.95 Å². The Labute approximate surface area is 287 Å². The first-order chi connectivity index (χ1) is 24.1. The third-order valence-electron chi connectivity index (χ3n) is 8.28. The lowest BCUT2D eigenvalue weighted by molar-refractivity contribution is 0.0947. The number of fused-ring (bicyclic) bond motifs is 1. The molecule has 6 rings (SSSR count). The summed E-state index contributed by atoms with van der Waals surface area (Å²) in [4.78, 5) is 27.7. The molecular formula is C40H42N6O3. The fourth-order valence-corrected chi connectivity index (χ4v) is 5.55. The van der Waals surface area contributed by atoms with E-state index >= 15 is 0 Å². The van der Waals surface area contributed by atoms with Crippen molar-refractivity contribution in [1.29, 1.82) is 0 Å². The summed E-state index contributed by atoms with van der Waals surface area (Å²) >= 11 is 0. The highest BCUT2D eigenvalue weighted by Gasteiger charge is 2.12. The Bertz CT molecular complexity index is 1900. The second-order valence-corrected chi connectivity index (χ2v) is 11.8. The number of nitrogens with zero attached hydrogens (tertiary/aromatic N) is 3. The van der Waals surface area contributed by atoms with Gasteiger partial charge in [-0.2, -0.15) is 0 Å². The van der Waals surface area contributed by atoms with Gasteiger partial charge < -0.3 is 30.0 Å². The van der Waals surface area contributed by atoms with Gasteiger partial charge in [0.05, 0.1) is 5.69 Å². The average Bonchev–Trinajstić information content (AvgIpc) is 3.58. The van der Waals surface area contributed by atoms with Gasteiger partial charge in [-0.1, -0.05) is 74.5 Å². The highest BCUT2D eigenvalue weighted by Crippen LogP contribution is 2.31. The zero-order valence-electron chi connectivity index (χ0n) is 28.0. The van der Waals surface area contributed by atoms with E-state index in [-0.39, 0.29) is 5.91 Å². The van der Waals surface area contributed by atoms with Gasteiger partial charge in [-0.15, -0.1) is 0 Å². The lowest BCUT2D eigenvalue weighted by Crippen LogP contribution is -2.30. The smallest absolute Gasteiger partial charge is 0.267 e. The summed E-state index contributed by atoms with van der Waals surface area (Å²) in [5.74, 6) is 1.70. The number of H-pyrrole nitrogens is 1. The van der Waals surface area contributed by atoms with Gasteiger partial charge in [-0.25, -0.2) is 9.97 Å². The Morgan fingerprint density at radius 2 is 1.47 bits per heavy atom. The van der Waals surface area contributed by atoms with E-state index in [0.29, 0.717) is 42.9 Å². The van der Waals surface area contributed by atoms with Crippen molar-refractivity contribution >= 4 is 28.4 Å². The number of anilines is 2. The molecule has 2 heterocycles. The van der Waals surface area contributed by atoms with Crippen molar-refractivity contribution < 1.29 is 14.3 Å². The number of nitrogens with one attached hydrogen (secondary N) is 3. The van der Waals surface area contributed by atoms with Crippen LogP contribution in [0.25, 0.3) is 22.2 Å². The normalized spacial score (nSPS) is 11.1. The number of benzene rings is 4. The number of carbonyl (C=O) groups excluding carboxylic acids is 1. The van der Waals surface area contributed by atoms with Crippen molar-refractivity contribution in [3.05, 3.63) is 132 Å². The van der Waals surface area contributed by atoms with Crippen molar-refractivity contribution in [2.24, 2.45) is 0 Å². The van der Waals surface area contributed by atoms with Crippen molar-refractivity contribution in [2.75, 3.05) is 31.5 Å². The van der Waals surface area contributed by atoms with Gasteiger partial charge in [0.25, 0.3) is 5.91 Å². The molecule has 2 aromatic heterocycles. The van der Waals surface area contributed by atoms with Crippen molar-refractivity contribution in [2.45, 2.75) is 33.5 Å². The summed E-state index contributed by atoms with van der Waals surface area (Å²) < 4.78 is 12.4. The Morgan fingerprint density at radius 3 is 2.12 bits per heavy atom. The number of aromatic nitrogens is 3. The number of ether oxygens (including phenoxy) is 2. The molecule has 0 radical (unpaired) electrons. The second kappa shape index (κ2) is 16.4. The Morgan fingerprint density at radius 1 is 0.796 bits per heavy atom. The zero-order chi connectivity index (χ0) is 33.8. The van der Waals surface area contributed by atoms with E-state index in [9.17, 15) is 4.79 Å². The maximum Gasteiger partial charge on any atom is 0.267 e. The molecule has 0 saturated carbocycles. The number of carbonyl (C=O) groups is 1. The largest absolute Gasteiger partial charge is 0.489 e. The minimum atomic E-state index is -0.108. The van der Waals surface area contributed by atoms with E-state index in [1.54, 1.807) is 6.20 Å². The standard InChI is InChI=1S/C40H42N6O3/c1-3-46(4-2)21-11-19-41-39(47)38-25-31-22-33(16-17-36(31)44-38)43-40-42-20-18-37(45-40)32-23-34(48-27-29-12-7-5-8-13-29)26-35(24-32)49-28-30-14-9-6-10-15-30/h5-10,12-18,20,22-26,44H,3-4,11,19,21,27-28H2,1-2H3,(H,41,47)(H,42,43,45). The first kappa shape index (κ1) is 33.2. The van der Waals surface area contributed by atoms with Crippen LogP contribution in [0.5, 0.6) is 11.5 Å². The van der Waals surface area contributed by atoms with Crippen LogP contribution in [-0.4, -0.2) is 51.9 Å². The summed E-state index contributed by atoms with van der Waals surface area (Å²) in [7, 11) is 0. The van der Waals surface area contributed by atoms with Crippen molar-refractivity contribution in [1.82, 2.24) is 25.2 Å². The van der Waals surface area contributed by atoms with Crippen LogP contribution in [0.4, 0.5) is 11.6 Å². The number of hydrogen-bond donors (Lipinski definition) is 3. The van der Waals surface area contributed by atoms with Crippen LogP contribution >= 0.6 is 0 Å². The minimum Gasteiger partial charge on any atom is -0.489 e. The number of amides is 1. The molecule has 0 saturated heterocycles. The maximum absolute atomic E-state index is 12.8. The molecule has 0 atom stereocenters. The van der Waals surface area contributed by atoms with Gasteiger partial charge in [0, 0.05) is 41.0 Å². The number of rotatable bonds is 16. The summed E-state index contributed by atoms with van der Waals surface area (Å²) in [6.45, 7) is 8.80. The molecular weight excluding hydrogens is 612 g/mol. The van der Waals surface area contributed by atoms with E-state index in [1.807, 2.05) is 109 Å². The van der Waals surface area contributed by atoms with Crippen molar-refractivity contribution in [3.8, 4) is 22.8 Å². The van der Waals surface area contributed by atoms with Crippen LogP contribution in [0.3, 0.4) is 0 Å². The Balaban J connectivity index is 1.16. The molecule has 0 aliphatic rings. The lowest BCUT2D eigenvalue weighted by Gasteiger charge is -2.17. The quantitative estimate of drug-likeness (QED) is 0.0909. The van der Waals surface area contributed by atoms with Gasteiger partial charge >= 0.3 is 0 Å². The van der Waals surface area contributed by atoms with E-state index in [0.717, 1.165) is 65.0 Å². The highest BCUT2D eigenvalue weighted by molar-refractivity contribution is 5.98. The molecule has 9 nitrogen and oxygen atoms in total. The summed E-state index contributed by atoms with van der Waals surface area (Å²) in [5.41, 5.74) is 5.93. The molecule has 49 heavy (non-hydrogen) atoms. The molecule has 6 aromatic rings. The molecule has 0 unspecified atom stereocenters. The average molecular weight is 655 g/mol. The summed E-state index contributed by atoms with van der Waals surface area (Å²) in [6, 6.07) is 35.6. The lowest BCUT2D eigenvalue weighted by atomic mass is 10.1. The van der Waals surface area contributed by atoms with E-state index in [2.05, 4.69) is 39.3 Å². The van der Waals surface area contributed by atoms with Gasteiger partial charge in [-0.05, 0) is 79.6 Å². The molecule has 9 heteroatoms. The second-order valence-electron chi connectivity index (χ2n) is 11.8. The molecule has 250 valence electrons. The Hall–Kier alpha value is -5.67. The minimum absolute atomic E-state index is 0.108. The topological polar surface area (TPSA) is 104 Å². The fraction of sp³-hybridized carbons (Fsp3) is 0.225. The van der Waals surface area contributed by atoms with Crippen LogP contribution in [0.1, 0.15) is 41.9 Å². The predicted octanol–water partition coefficient (Wildman–Crippen LogP) is 7.99. The molecule has 0 spiro atoms. The van der Waals surface area contributed by atoms with Crippen LogP contribution in [0.15, 0.2) is 115 Å². The fourth-order valence-electron chi connectivity index (χ4n) is 5.55. The molecule has 0 aliphatic carbocycles. The zero-order valence-corrected chi connectivity index (χ0v) is 28.0. The van der Waals surface area contributed by atoms with Gasteiger partial charge in [0.1, 0.15) is 30.4 Å². The van der Waals surface area contributed by atoms with Crippen molar-refractivity contribution in [3.63, 3.8) is 0 Å². The van der Waals surface area contributed by atoms with E-state index < -0.39 is 0 Å². The summed E-state index contributed by atoms with van der Waals surface area (Å²) in [6.07, 6.45) is 2.64. The Kier molecular flexibility index (Phi) is 11.1. The van der Waals surface area contributed by atoms with Crippen LogP contribution in [-0.2, 0) is 13.2 Å². The van der Waals surface area contributed by atoms with E-state index in [1.165, 1.54) is 0 Å². The van der Waals surface area contributed by atoms with Crippen LogP contribution < -0.4 is 20.1 Å². The van der Waals surface area contributed by atoms with Gasteiger partial charge in [0.15, 0.2) is 0 Å². The van der Waals surface area contributed by atoms with Gasteiger partial charge in [-0.3, -0.25) is 4.79 Å². The first-order valence-corrected chi connectivity index (χ1v) is 16.8. The molecule has 3 N–H and O–H groups in total. The number of hydrogen-bond acceptors (Lipinski definition) is 7. The highest BCUT2D eigenvalue weighted by atomic mass is 16.5. The maximum atomic E-state index is 12.8. The first-order valence-electron chi connectivity index (χ1n) is 16.8. The van der Waals surface area contributed by atoms with E-state index in [4.69, 9.17) is 14.5 Å². The molecule has 4 aromatic carbocycles. The SMILES string of the molecule is CCN(CC)CCCNC(=O)c1cc2cc(Nc3nccc(-c4cc(OCc5ccccc5)cc(OCc5ccccc5)c4)n3)ccc2[nH]1. The molecule has 0 bridgehead atoms. The monoisotopic (exact) mass is 654 g/mol. The predicted molar refractivity (Wildman–Crippen MR) is 195 cm³/mol. The third kappa shape index (κ3) is 9.24. The summed E-state index contributed by atoms with van der Waals surface area (Å²) in [5, 5.41) is 7.27. The third-order valence-corrected chi connectivity index (χ3v) is 8.28. The van der Waals surface area contributed by atoms with Crippen LogP contribution in [0.2, 0.25) is 0 Å². The number of aromatic amines is 1. The molecule has 1 amide bonds. The molecule has 0 aliphatic heterocycles. The molecule has 0 fully saturated rings.